The van der Waals surface area contributed by atoms with E-state index < -0.39 is 10.0 Å². The van der Waals surface area contributed by atoms with Crippen LogP contribution in [0.25, 0.3) is 10.8 Å². The van der Waals surface area contributed by atoms with Crippen LogP contribution in [0.5, 0.6) is 0 Å². The molecule has 0 aliphatic heterocycles. The number of fused-ring (bicyclic) bond motifs is 2. The largest absolute Gasteiger partial charge is 0.354 e. The molecule has 3 aliphatic carbocycles. The average molecular weight is 495 g/mol. The van der Waals surface area contributed by atoms with Gasteiger partial charge in [-0.3, -0.25) is 9.55 Å². The molecule has 35 heavy (non-hydrogen) atoms. The fourth-order valence-electron chi connectivity index (χ4n) is 5.17. The summed E-state index contributed by atoms with van der Waals surface area (Å²) in [6, 6.07) is 4.30. The van der Waals surface area contributed by atoms with Crippen molar-refractivity contribution in [2.24, 2.45) is 11.8 Å². The van der Waals surface area contributed by atoms with Gasteiger partial charge in [-0.2, -0.15) is 0 Å². The lowest BCUT2D eigenvalue weighted by Crippen LogP contribution is -2.30. The minimum Gasteiger partial charge on any atom is -0.354 e. The lowest BCUT2D eigenvalue weighted by atomic mass is 9.86. The molecule has 0 saturated heterocycles. The molecule has 3 aromatic rings. The van der Waals surface area contributed by atoms with Crippen LogP contribution >= 0.6 is 0 Å². The van der Waals surface area contributed by atoms with Crippen LogP contribution < -0.4 is 10.0 Å². The zero-order valence-corrected chi connectivity index (χ0v) is 21.3. The third kappa shape index (κ3) is 4.68. The molecule has 0 radical (unpaired) electrons. The maximum atomic E-state index is 13.8. The number of nitrogens with one attached hydrogen (secondary N) is 2. The highest BCUT2D eigenvalue weighted by Crippen LogP contribution is 2.42. The van der Waals surface area contributed by atoms with Crippen molar-refractivity contribution in [1.82, 2.24) is 24.5 Å². The molecule has 9 heteroatoms. The van der Waals surface area contributed by atoms with E-state index in [4.69, 9.17) is 0 Å². The van der Waals surface area contributed by atoms with Crippen molar-refractivity contribution in [2.75, 3.05) is 18.4 Å². The third-order valence-electron chi connectivity index (χ3n) is 7.54. The Morgan fingerprint density at radius 2 is 1.97 bits per heavy atom. The first kappa shape index (κ1) is 22.9. The fourth-order valence-corrected chi connectivity index (χ4v) is 6.88. The van der Waals surface area contributed by atoms with Crippen LogP contribution in [0.4, 0.5) is 5.95 Å². The summed E-state index contributed by atoms with van der Waals surface area (Å²) in [6.07, 6.45) is 10.8. The Bertz CT molecular complexity index is 1360. The summed E-state index contributed by atoms with van der Waals surface area (Å²) >= 11 is 0. The first-order valence-corrected chi connectivity index (χ1v) is 14.4. The van der Waals surface area contributed by atoms with Crippen molar-refractivity contribution in [3.63, 3.8) is 0 Å². The highest BCUT2D eigenvalue weighted by molar-refractivity contribution is 7.89. The molecule has 2 heterocycles. The molecule has 0 amide bonds. The molecule has 0 bridgehead atoms. The number of aryl methyl sites for hydroxylation is 1. The number of nitrogens with zero attached hydrogens (tertiary/aromatic N) is 4. The molecule has 8 nitrogen and oxygen atoms in total. The van der Waals surface area contributed by atoms with Gasteiger partial charge in [-0.05, 0) is 80.0 Å². The van der Waals surface area contributed by atoms with Crippen LogP contribution in [-0.4, -0.2) is 41.3 Å². The van der Waals surface area contributed by atoms with Crippen molar-refractivity contribution in [3.8, 4) is 0 Å². The zero-order chi connectivity index (χ0) is 24.2. The molecule has 1 aromatic carbocycles. The molecule has 0 spiro atoms. The lowest BCUT2D eigenvalue weighted by Gasteiger charge is -2.29. The molecule has 1 unspecified atom stereocenters. The average Bonchev–Trinajstić information content (AvgIpc) is 3.78. The van der Waals surface area contributed by atoms with Gasteiger partial charge in [0.15, 0.2) is 0 Å². The molecule has 186 valence electrons. The first-order valence-electron chi connectivity index (χ1n) is 13.0. The second kappa shape index (κ2) is 8.85. The number of hydrogen-bond acceptors (Lipinski definition) is 6. The highest BCUT2D eigenvalue weighted by Gasteiger charge is 2.32. The fraction of sp³-hybridized carbons (Fsp3) is 0.577. The summed E-state index contributed by atoms with van der Waals surface area (Å²) in [5.74, 6) is 2.20. The van der Waals surface area contributed by atoms with Crippen molar-refractivity contribution in [1.29, 1.82) is 0 Å². The highest BCUT2D eigenvalue weighted by atomic mass is 32.2. The van der Waals surface area contributed by atoms with Gasteiger partial charge in [0.1, 0.15) is 6.33 Å². The molecule has 2 fully saturated rings. The zero-order valence-electron chi connectivity index (χ0n) is 20.5. The Hall–Kier alpha value is -2.52. The Kier molecular flexibility index (Phi) is 5.79. The Labute approximate surface area is 207 Å². The van der Waals surface area contributed by atoms with Gasteiger partial charge in [0.2, 0.25) is 16.0 Å². The molecule has 2 saturated carbocycles. The Morgan fingerprint density at radius 3 is 2.71 bits per heavy atom. The van der Waals surface area contributed by atoms with E-state index in [2.05, 4.69) is 35.9 Å². The smallest absolute Gasteiger partial charge is 0.241 e. The van der Waals surface area contributed by atoms with Crippen LogP contribution in [0.3, 0.4) is 0 Å². The summed E-state index contributed by atoms with van der Waals surface area (Å²) in [6.45, 7) is 5.38. The number of pyridine rings is 1. The predicted molar refractivity (Wildman–Crippen MR) is 136 cm³/mol. The molecule has 3 aliphatic rings. The van der Waals surface area contributed by atoms with Crippen molar-refractivity contribution in [3.05, 3.63) is 41.5 Å². The van der Waals surface area contributed by atoms with E-state index in [-0.39, 0.29) is 12.0 Å². The molecule has 1 atom stereocenters. The van der Waals surface area contributed by atoms with E-state index >= 15 is 0 Å². The van der Waals surface area contributed by atoms with Crippen molar-refractivity contribution < 1.29 is 8.42 Å². The number of anilines is 1. The van der Waals surface area contributed by atoms with Gasteiger partial charge in [0.05, 0.1) is 4.90 Å². The minimum atomic E-state index is -3.69. The summed E-state index contributed by atoms with van der Waals surface area (Å²) in [5, 5.41) is 13.7. The number of benzene rings is 1. The van der Waals surface area contributed by atoms with Crippen LogP contribution in [-0.2, 0) is 22.9 Å². The quantitative estimate of drug-likeness (QED) is 0.463. The van der Waals surface area contributed by atoms with E-state index in [1.807, 2.05) is 26.1 Å². The second-order valence-electron chi connectivity index (χ2n) is 11.0. The van der Waals surface area contributed by atoms with Gasteiger partial charge in [-0.15, -0.1) is 10.2 Å². The Morgan fingerprint density at radius 1 is 1.14 bits per heavy atom. The van der Waals surface area contributed by atoms with Gasteiger partial charge in [0, 0.05) is 47.7 Å². The van der Waals surface area contributed by atoms with Crippen molar-refractivity contribution >= 4 is 26.7 Å². The number of aromatic nitrogens is 4. The van der Waals surface area contributed by atoms with Crippen molar-refractivity contribution in [2.45, 2.75) is 75.6 Å². The second-order valence-corrected chi connectivity index (χ2v) is 12.7. The van der Waals surface area contributed by atoms with Gasteiger partial charge >= 0.3 is 0 Å². The standard InChI is InChI=1S/C26H34N6O2S/c1-16(2)12-30-35(33,34)25-22-10-21(32-15-29-31-26(32)28-13-17-3-4-17)8-7-19(22)9-20-14-27-24(11-23(20)25)18-5-6-18/h9,11,14-18,21,30H,3-8,10,12-13H2,1-2H3,(H,28,31). The SMILES string of the molecule is CC(C)CNS(=O)(=O)c1c2c(cc3cnc(C4CC4)cc13)CCC(n1cnnc1NCC1CC1)C2. The predicted octanol–water partition coefficient (Wildman–Crippen LogP) is 4.19. The van der Waals surface area contributed by atoms with Crippen LogP contribution in [0.2, 0.25) is 0 Å². The normalized spacial score (nSPS) is 20.4. The van der Waals surface area contributed by atoms with Crippen LogP contribution in [0.1, 0.15) is 74.7 Å². The van der Waals surface area contributed by atoms with Gasteiger partial charge in [-0.25, -0.2) is 13.1 Å². The third-order valence-corrected chi connectivity index (χ3v) is 9.09. The molecule has 6 rings (SSSR count). The monoisotopic (exact) mass is 494 g/mol. The van der Waals surface area contributed by atoms with E-state index in [0.29, 0.717) is 23.8 Å². The number of rotatable bonds is 9. The van der Waals surface area contributed by atoms with Crippen LogP contribution in [0.15, 0.2) is 29.6 Å². The molecule has 2 N–H and O–H groups in total. The molecular formula is C26H34N6O2S. The van der Waals surface area contributed by atoms with Gasteiger partial charge in [0.25, 0.3) is 0 Å². The lowest BCUT2D eigenvalue weighted by molar-refractivity contribution is 0.440. The summed E-state index contributed by atoms with van der Waals surface area (Å²) < 4.78 is 32.6. The molecule has 2 aromatic heterocycles. The topological polar surface area (TPSA) is 102 Å². The van der Waals surface area contributed by atoms with Gasteiger partial charge < -0.3 is 5.32 Å². The maximum Gasteiger partial charge on any atom is 0.241 e. The van der Waals surface area contributed by atoms with E-state index in [9.17, 15) is 8.42 Å². The minimum absolute atomic E-state index is 0.112. The summed E-state index contributed by atoms with van der Waals surface area (Å²) in [4.78, 5) is 5.12. The maximum absolute atomic E-state index is 13.8. The van der Waals surface area contributed by atoms with E-state index in [1.165, 1.54) is 12.8 Å². The van der Waals surface area contributed by atoms with E-state index in [0.717, 1.165) is 71.7 Å². The van der Waals surface area contributed by atoms with Crippen LogP contribution in [0, 0.1) is 11.8 Å². The number of hydrogen-bond donors (Lipinski definition) is 2. The Balaban J connectivity index is 1.42. The summed E-state index contributed by atoms with van der Waals surface area (Å²) in [5.41, 5.74) is 3.05. The molecular weight excluding hydrogens is 460 g/mol. The van der Waals surface area contributed by atoms with Gasteiger partial charge in [-0.1, -0.05) is 13.8 Å². The summed E-state index contributed by atoms with van der Waals surface area (Å²) in [7, 11) is -3.69. The number of sulfonamides is 1. The van der Waals surface area contributed by atoms with E-state index in [1.54, 1.807) is 6.33 Å². The first-order chi connectivity index (χ1) is 16.9.